The van der Waals surface area contributed by atoms with Crippen LogP contribution in [0.3, 0.4) is 0 Å². The molecule has 0 aliphatic heterocycles. The zero-order valence-electron chi connectivity index (χ0n) is 16.1. The molecule has 0 unspecified atom stereocenters. The van der Waals surface area contributed by atoms with E-state index >= 15 is 0 Å². The van der Waals surface area contributed by atoms with Crippen LogP contribution >= 0.6 is 11.6 Å². The van der Waals surface area contributed by atoms with Gasteiger partial charge in [0.25, 0.3) is 5.82 Å². The Balaban J connectivity index is 1.64. The summed E-state index contributed by atoms with van der Waals surface area (Å²) in [6.07, 6.45) is 8.24. The average molecular weight is 421 g/mol. The molecule has 0 spiro atoms. The van der Waals surface area contributed by atoms with Gasteiger partial charge in [-0.2, -0.15) is 0 Å². The standard InChI is InChI=1S/C22H18ClFN6/c1-25-20-12-26-19-8-7-18(28-30(19)20)22-21(15-5-6-17(24)16(23)11-15)27-13-29(22)10-9-14-3-2-4-14/h5-8,11-14H,2-4,9-10H2. The van der Waals surface area contributed by atoms with Gasteiger partial charge in [-0.05, 0) is 36.6 Å². The zero-order chi connectivity index (χ0) is 20.7. The molecule has 1 aromatic carbocycles. The van der Waals surface area contributed by atoms with Crippen LogP contribution in [0.25, 0.3) is 33.1 Å². The number of halogens is 2. The Morgan fingerprint density at radius 3 is 2.80 bits per heavy atom. The first-order valence-corrected chi connectivity index (χ1v) is 10.2. The summed E-state index contributed by atoms with van der Waals surface area (Å²) < 4.78 is 17.3. The van der Waals surface area contributed by atoms with Crippen molar-refractivity contribution in [1.29, 1.82) is 0 Å². The summed E-state index contributed by atoms with van der Waals surface area (Å²) in [6.45, 7) is 8.17. The topological polar surface area (TPSA) is 52.4 Å². The van der Waals surface area contributed by atoms with Gasteiger partial charge in [0.2, 0.25) is 5.65 Å². The van der Waals surface area contributed by atoms with Crippen molar-refractivity contribution >= 4 is 23.1 Å². The van der Waals surface area contributed by atoms with Crippen LogP contribution in [0.2, 0.25) is 5.02 Å². The molecular weight excluding hydrogens is 403 g/mol. The van der Waals surface area contributed by atoms with E-state index in [-0.39, 0.29) is 5.02 Å². The molecule has 1 fully saturated rings. The molecule has 1 saturated carbocycles. The van der Waals surface area contributed by atoms with Gasteiger partial charge in [0.1, 0.15) is 11.5 Å². The highest BCUT2D eigenvalue weighted by Gasteiger charge is 2.22. The molecule has 150 valence electrons. The van der Waals surface area contributed by atoms with Crippen molar-refractivity contribution in [3.05, 3.63) is 65.1 Å². The van der Waals surface area contributed by atoms with Crippen LogP contribution in [0.1, 0.15) is 25.7 Å². The number of aryl methyl sites for hydroxylation is 1. The monoisotopic (exact) mass is 420 g/mol. The summed E-state index contributed by atoms with van der Waals surface area (Å²) in [6, 6.07) is 8.31. The lowest BCUT2D eigenvalue weighted by Gasteiger charge is -2.25. The highest BCUT2D eigenvalue weighted by Crippen LogP contribution is 2.35. The highest BCUT2D eigenvalue weighted by atomic mass is 35.5. The Kier molecular flexibility index (Phi) is 4.72. The van der Waals surface area contributed by atoms with Gasteiger partial charge in [-0.15, -0.1) is 4.52 Å². The lowest BCUT2D eigenvalue weighted by Crippen LogP contribution is -2.14. The fourth-order valence-corrected chi connectivity index (χ4v) is 4.02. The van der Waals surface area contributed by atoms with Crippen LogP contribution in [-0.4, -0.2) is 24.1 Å². The number of fused-ring (bicyclic) bond motifs is 1. The third-order valence-corrected chi connectivity index (χ3v) is 6.02. The second-order valence-electron chi connectivity index (χ2n) is 7.57. The largest absolute Gasteiger partial charge is 0.360 e. The molecule has 1 aliphatic rings. The molecule has 0 radical (unpaired) electrons. The van der Waals surface area contributed by atoms with Gasteiger partial charge in [0, 0.05) is 18.2 Å². The quantitative estimate of drug-likeness (QED) is 0.384. The minimum absolute atomic E-state index is 0.0516. The molecule has 4 aromatic rings. The van der Waals surface area contributed by atoms with E-state index in [0.29, 0.717) is 22.9 Å². The van der Waals surface area contributed by atoms with Crippen LogP contribution in [-0.2, 0) is 6.54 Å². The number of rotatable bonds is 5. The third kappa shape index (κ3) is 3.23. The summed E-state index contributed by atoms with van der Waals surface area (Å²) in [4.78, 5) is 12.3. The maximum absolute atomic E-state index is 13.7. The van der Waals surface area contributed by atoms with Crippen LogP contribution in [0.5, 0.6) is 0 Å². The molecule has 30 heavy (non-hydrogen) atoms. The number of aromatic nitrogens is 5. The van der Waals surface area contributed by atoms with E-state index in [1.54, 1.807) is 18.5 Å². The van der Waals surface area contributed by atoms with E-state index in [2.05, 4.69) is 24.5 Å². The smallest absolute Gasteiger partial charge is 0.275 e. The van der Waals surface area contributed by atoms with E-state index in [9.17, 15) is 4.39 Å². The van der Waals surface area contributed by atoms with Crippen molar-refractivity contribution in [3.8, 4) is 22.6 Å². The minimum Gasteiger partial charge on any atom is -0.360 e. The second kappa shape index (κ2) is 7.54. The van der Waals surface area contributed by atoms with Crippen molar-refractivity contribution in [2.24, 2.45) is 5.92 Å². The van der Waals surface area contributed by atoms with E-state index in [0.717, 1.165) is 30.1 Å². The summed E-state index contributed by atoms with van der Waals surface area (Å²) in [5, 5.41) is 4.72. The Morgan fingerprint density at radius 2 is 2.07 bits per heavy atom. The predicted molar refractivity (Wildman–Crippen MR) is 113 cm³/mol. The number of nitrogens with zero attached hydrogens (tertiary/aromatic N) is 6. The van der Waals surface area contributed by atoms with E-state index in [4.69, 9.17) is 18.2 Å². The van der Waals surface area contributed by atoms with E-state index in [1.165, 1.54) is 36.0 Å². The first-order chi connectivity index (χ1) is 14.6. The molecule has 5 rings (SSSR count). The normalized spacial score (nSPS) is 14.0. The number of benzene rings is 1. The maximum atomic E-state index is 13.7. The summed E-state index contributed by atoms with van der Waals surface area (Å²) in [5.41, 5.74) is 3.51. The van der Waals surface area contributed by atoms with E-state index < -0.39 is 5.82 Å². The van der Waals surface area contributed by atoms with Crippen LogP contribution in [0.4, 0.5) is 10.2 Å². The third-order valence-electron chi connectivity index (χ3n) is 5.74. The van der Waals surface area contributed by atoms with Crippen LogP contribution in [0, 0.1) is 18.3 Å². The predicted octanol–water partition coefficient (Wildman–Crippen LogP) is 5.79. The van der Waals surface area contributed by atoms with Gasteiger partial charge in [0.05, 0.1) is 28.9 Å². The zero-order valence-corrected chi connectivity index (χ0v) is 16.8. The van der Waals surface area contributed by atoms with Crippen LogP contribution in [0.15, 0.2) is 42.9 Å². The average Bonchev–Trinajstić information content (AvgIpc) is 3.32. The fourth-order valence-electron chi connectivity index (χ4n) is 3.84. The molecule has 0 atom stereocenters. The molecule has 0 saturated heterocycles. The number of hydrogen-bond donors (Lipinski definition) is 0. The minimum atomic E-state index is -0.467. The first-order valence-electron chi connectivity index (χ1n) is 9.87. The maximum Gasteiger partial charge on any atom is 0.275 e. The Bertz CT molecular complexity index is 1280. The second-order valence-corrected chi connectivity index (χ2v) is 7.97. The molecule has 0 N–H and O–H groups in total. The number of hydrogen-bond acceptors (Lipinski definition) is 3. The van der Waals surface area contributed by atoms with Crippen molar-refractivity contribution in [2.45, 2.75) is 32.2 Å². The summed E-state index contributed by atoms with van der Waals surface area (Å²) >= 11 is 6.03. The molecule has 0 amide bonds. The van der Waals surface area contributed by atoms with Gasteiger partial charge in [0.15, 0.2) is 0 Å². The molecule has 6 nitrogen and oxygen atoms in total. The van der Waals surface area contributed by atoms with Crippen molar-refractivity contribution in [1.82, 2.24) is 24.1 Å². The van der Waals surface area contributed by atoms with E-state index in [1.807, 2.05) is 12.1 Å². The van der Waals surface area contributed by atoms with Gasteiger partial charge < -0.3 is 9.41 Å². The highest BCUT2D eigenvalue weighted by molar-refractivity contribution is 6.31. The molecule has 0 bridgehead atoms. The van der Waals surface area contributed by atoms with Gasteiger partial charge in [-0.3, -0.25) is 0 Å². The summed E-state index contributed by atoms with van der Waals surface area (Å²) in [5.74, 6) is 0.631. The molecule has 3 heterocycles. The Hall–Kier alpha value is -3.24. The molecule has 8 heteroatoms. The Labute approximate surface area is 177 Å². The van der Waals surface area contributed by atoms with Crippen LogP contribution < -0.4 is 0 Å². The molecule has 3 aromatic heterocycles. The SMILES string of the molecule is [C-]#[N+]c1cnc2ccc(-c3c(-c4ccc(F)c(Cl)c4)ncn3CCC3CCC3)nn12. The van der Waals surface area contributed by atoms with Crippen molar-refractivity contribution < 1.29 is 4.39 Å². The molecular formula is C22H18ClFN6. The summed E-state index contributed by atoms with van der Waals surface area (Å²) in [7, 11) is 0. The van der Waals surface area contributed by atoms with Gasteiger partial charge in [-0.25, -0.2) is 14.4 Å². The van der Waals surface area contributed by atoms with Crippen molar-refractivity contribution in [2.75, 3.05) is 0 Å². The van der Waals surface area contributed by atoms with Crippen molar-refractivity contribution in [3.63, 3.8) is 0 Å². The lowest BCUT2D eigenvalue weighted by molar-refractivity contribution is 0.282. The Morgan fingerprint density at radius 1 is 1.20 bits per heavy atom. The fraction of sp³-hybridized carbons (Fsp3) is 0.273. The first kappa shape index (κ1) is 18.8. The number of imidazole rings is 2. The van der Waals surface area contributed by atoms with Gasteiger partial charge in [-0.1, -0.05) is 42.5 Å². The molecule has 1 aliphatic carbocycles. The van der Waals surface area contributed by atoms with Gasteiger partial charge >= 0.3 is 0 Å². The lowest BCUT2D eigenvalue weighted by atomic mass is 9.83.